The van der Waals surface area contributed by atoms with Crippen LogP contribution >= 0.6 is 0 Å². The third-order valence-electron chi connectivity index (χ3n) is 3.71. The molecule has 0 unspecified atom stereocenters. The molecule has 26 heavy (non-hydrogen) atoms. The van der Waals surface area contributed by atoms with Gasteiger partial charge >= 0.3 is 5.97 Å². The standard InChI is InChI=1S/C19H29NO6/c1-5-25-16-8-7-15(13-17(16)26-6-2)9-11-20(18(21)14-23-3)12-10-19(22)24-4/h7-8,13H,5-6,9-12,14H2,1-4H3. The summed E-state index contributed by atoms with van der Waals surface area (Å²) in [6, 6.07) is 5.75. The quantitative estimate of drug-likeness (QED) is 0.527. The Morgan fingerprint density at radius 1 is 1.00 bits per heavy atom. The first-order valence-corrected chi connectivity index (χ1v) is 8.77. The van der Waals surface area contributed by atoms with Gasteiger partial charge in [-0.15, -0.1) is 0 Å². The van der Waals surface area contributed by atoms with E-state index in [0.717, 1.165) is 5.56 Å². The third kappa shape index (κ3) is 7.31. The van der Waals surface area contributed by atoms with Gasteiger partial charge in [0.2, 0.25) is 5.91 Å². The summed E-state index contributed by atoms with van der Waals surface area (Å²) in [6.07, 6.45) is 0.780. The lowest BCUT2D eigenvalue weighted by Gasteiger charge is -2.22. The zero-order chi connectivity index (χ0) is 19.4. The molecule has 0 aliphatic heterocycles. The first kappa shape index (κ1) is 21.8. The van der Waals surface area contributed by atoms with E-state index in [0.29, 0.717) is 44.2 Å². The lowest BCUT2D eigenvalue weighted by molar-refractivity contribution is -0.142. The molecule has 1 rings (SSSR count). The first-order chi connectivity index (χ1) is 12.5. The molecule has 0 N–H and O–H groups in total. The molecule has 0 aromatic heterocycles. The van der Waals surface area contributed by atoms with Gasteiger partial charge in [0.05, 0.1) is 26.7 Å². The van der Waals surface area contributed by atoms with Crippen LogP contribution in [0.3, 0.4) is 0 Å². The third-order valence-corrected chi connectivity index (χ3v) is 3.71. The summed E-state index contributed by atoms with van der Waals surface area (Å²) in [6.45, 7) is 5.69. The predicted octanol–water partition coefficient (Wildman–Crippen LogP) is 2.06. The van der Waals surface area contributed by atoms with Crippen LogP contribution in [0.25, 0.3) is 0 Å². The van der Waals surface area contributed by atoms with Crippen molar-refractivity contribution in [2.75, 3.05) is 47.1 Å². The fraction of sp³-hybridized carbons (Fsp3) is 0.579. The van der Waals surface area contributed by atoms with Crippen LogP contribution < -0.4 is 9.47 Å². The van der Waals surface area contributed by atoms with E-state index in [9.17, 15) is 9.59 Å². The Bertz CT molecular complexity index is 575. The van der Waals surface area contributed by atoms with Crippen molar-refractivity contribution in [2.45, 2.75) is 26.7 Å². The largest absolute Gasteiger partial charge is 0.490 e. The van der Waals surface area contributed by atoms with Gasteiger partial charge in [-0.1, -0.05) is 6.07 Å². The van der Waals surface area contributed by atoms with E-state index in [1.165, 1.54) is 14.2 Å². The fourth-order valence-electron chi connectivity index (χ4n) is 2.42. The summed E-state index contributed by atoms with van der Waals surface area (Å²) in [5.74, 6) is 0.888. The van der Waals surface area contributed by atoms with E-state index in [4.69, 9.17) is 14.2 Å². The van der Waals surface area contributed by atoms with Crippen LogP contribution in [0, 0.1) is 0 Å². The molecule has 0 fully saturated rings. The summed E-state index contributed by atoms with van der Waals surface area (Å²) >= 11 is 0. The van der Waals surface area contributed by atoms with Crippen LogP contribution in [0.4, 0.5) is 0 Å². The number of carbonyl (C=O) groups is 2. The van der Waals surface area contributed by atoms with Crippen molar-refractivity contribution in [1.82, 2.24) is 4.90 Å². The molecular formula is C19H29NO6. The lowest BCUT2D eigenvalue weighted by Crippen LogP contribution is -2.37. The monoisotopic (exact) mass is 367 g/mol. The Kier molecular flexibility index (Phi) is 10.2. The highest BCUT2D eigenvalue weighted by Crippen LogP contribution is 2.28. The van der Waals surface area contributed by atoms with Crippen LogP contribution in [0.2, 0.25) is 0 Å². The summed E-state index contributed by atoms with van der Waals surface area (Å²) in [7, 11) is 2.80. The van der Waals surface area contributed by atoms with E-state index in [-0.39, 0.29) is 24.9 Å². The Morgan fingerprint density at radius 2 is 1.69 bits per heavy atom. The SMILES string of the molecule is CCOc1ccc(CCN(CCC(=O)OC)C(=O)COC)cc1OCC. The van der Waals surface area contributed by atoms with Crippen molar-refractivity contribution in [1.29, 1.82) is 0 Å². The van der Waals surface area contributed by atoms with Crippen molar-refractivity contribution in [3.05, 3.63) is 23.8 Å². The van der Waals surface area contributed by atoms with Crippen molar-refractivity contribution in [3.63, 3.8) is 0 Å². The highest BCUT2D eigenvalue weighted by atomic mass is 16.5. The number of rotatable bonds is 12. The number of benzene rings is 1. The molecule has 0 heterocycles. The molecule has 1 amide bonds. The second kappa shape index (κ2) is 12.1. The molecule has 0 spiro atoms. The number of nitrogens with zero attached hydrogens (tertiary/aromatic N) is 1. The molecule has 1 aromatic carbocycles. The normalized spacial score (nSPS) is 10.3. The van der Waals surface area contributed by atoms with Gasteiger partial charge in [0, 0.05) is 20.2 Å². The molecule has 7 heteroatoms. The minimum atomic E-state index is -0.347. The maximum atomic E-state index is 12.2. The Labute approximate surface area is 155 Å². The molecular weight excluding hydrogens is 338 g/mol. The molecule has 0 bridgehead atoms. The Morgan fingerprint density at radius 3 is 2.31 bits per heavy atom. The number of hydrogen-bond donors (Lipinski definition) is 0. The van der Waals surface area contributed by atoms with E-state index in [1.807, 2.05) is 32.0 Å². The lowest BCUT2D eigenvalue weighted by atomic mass is 10.1. The van der Waals surface area contributed by atoms with E-state index < -0.39 is 0 Å². The van der Waals surface area contributed by atoms with Crippen LogP contribution in [0.5, 0.6) is 11.5 Å². The van der Waals surface area contributed by atoms with Gasteiger partial charge in [0.25, 0.3) is 0 Å². The smallest absolute Gasteiger partial charge is 0.307 e. The molecule has 7 nitrogen and oxygen atoms in total. The minimum Gasteiger partial charge on any atom is -0.490 e. The number of hydrogen-bond acceptors (Lipinski definition) is 6. The molecule has 0 atom stereocenters. The van der Waals surface area contributed by atoms with E-state index >= 15 is 0 Å². The first-order valence-electron chi connectivity index (χ1n) is 8.77. The molecule has 0 radical (unpaired) electrons. The maximum Gasteiger partial charge on any atom is 0.307 e. The molecule has 146 valence electrons. The summed E-state index contributed by atoms with van der Waals surface area (Å²) in [5.41, 5.74) is 1.02. The maximum absolute atomic E-state index is 12.2. The topological polar surface area (TPSA) is 74.3 Å². The highest BCUT2D eigenvalue weighted by Gasteiger charge is 2.16. The average molecular weight is 367 g/mol. The van der Waals surface area contributed by atoms with Gasteiger partial charge < -0.3 is 23.8 Å². The zero-order valence-electron chi connectivity index (χ0n) is 16.1. The van der Waals surface area contributed by atoms with Gasteiger partial charge in [0.1, 0.15) is 6.61 Å². The van der Waals surface area contributed by atoms with Crippen LogP contribution in [-0.2, 0) is 25.5 Å². The minimum absolute atomic E-state index is 0.0192. The van der Waals surface area contributed by atoms with Gasteiger partial charge in [-0.2, -0.15) is 0 Å². The molecule has 0 saturated heterocycles. The van der Waals surface area contributed by atoms with Crippen LogP contribution in [0.1, 0.15) is 25.8 Å². The second-order valence-electron chi connectivity index (χ2n) is 5.54. The van der Waals surface area contributed by atoms with Crippen molar-refractivity contribution in [3.8, 4) is 11.5 Å². The van der Waals surface area contributed by atoms with Crippen molar-refractivity contribution < 1.29 is 28.5 Å². The predicted molar refractivity (Wildman–Crippen MR) is 97.6 cm³/mol. The van der Waals surface area contributed by atoms with Gasteiger partial charge in [0.15, 0.2) is 11.5 Å². The summed E-state index contributed by atoms with van der Waals surface area (Å²) < 4.78 is 20.8. The van der Waals surface area contributed by atoms with Gasteiger partial charge in [-0.25, -0.2) is 0 Å². The van der Waals surface area contributed by atoms with Gasteiger partial charge in [-0.05, 0) is 38.0 Å². The summed E-state index contributed by atoms with van der Waals surface area (Å²) in [5, 5.41) is 0. The Balaban J connectivity index is 2.77. The fourth-order valence-corrected chi connectivity index (χ4v) is 2.42. The van der Waals surface area contributed by atoms with E-state index in [1.54, 1.807) is 4.90 Å². The van der Waals surface area contributed by atoms with Crippen molar-refractivity contribution in [2.24, 2.45) is 0 Å². The number of ether oxygens (including phenoxy) is 4. The number of methoxy groups -OCH3 is 2. The molecule has 0 aliphatic rings. The molecule has 0 saturated carbocycles. The zero-order valence-corrected chi connectivity index (χ0v) is 16.1. The van der Waals surface area contributed by atoms with E-state index in [2.05, 4.69) is 4.74 Å². The van der Waals surface area contributed by atoms with Crippen LogP contribution in [0.15, 0.2) is 18.2 Å². The highest BCUT2D eigenvalue weighted by molar-refractivity contribution is 5.78. The van der Waals surface area contributed by atoms with Crippen LogP contribution in [-0.4, -0.2) is 63.9 Å². The van der Waals surface area contributed by atoms with Crippen molar-refractivity contribution >= 4 is 11.9 Å². The molecule has 1 aromatic rings. The van der Waals surface area contributed by atoms with Gasteiger partial charge in [-0.3, -0.25) is 9.59 Å². The molecule has 0 aliphatic carbocycles. The Hall–Kier alpha value is -2.28. The number of amides is 1. The average Bonchev–Trinajstić information content (AvgIpc) is 2.63. The summed E-state index contributed by atoms with van der Waals surface area (Å²) in [4.78, 5) is 25.2. The number of carbonyl (C=O) groups excluding carboxylic acids is 2. The number of esters is 1. The second-order valence-corrected chi connectivity index (χ2v) is 5.54.